The van der Waals surface area contributed by atoms with E-state index in [0.717, 1.165) is 5.39 Å². The molecule has 0 bridgehead atoms. The SMILES string of the molecule is CCOC(=O)CSc1nc(-c2cc3ccccc3oc2=O)cn1-c1ccc(Cl)cc1Cl. The Hall–Kier alpha value is -2.74. The molecule has 158 valence electrons. The Labute approximate surface area is 191 Å². The molecule has 0 aliphatic rings. The lowest BCUT2D eigenvalue weighted by molar-refractivity contribution is -0.139. The maximum absolute atomic E-state index is 12.6. The van der Waals surface area contributed by atoms with E-state index >= 15 is 0 Å². The smallest absolute Gasteiger partial charge is 0.345 e. The van der Waals surface area contributed by atoms with Crippen LogP contribution in [0.25, 0.3) is 27.9 Å². The second-order valence-corrected chi connectivity index (χ2v) is 8.24. The summed E-state index contributed by atoms with van der Waals surface area (Å²) in [4.78, 5) is 29.1. The van der Waals surface area contributed by atoms with Gasteiger partial charge in [-0.2, -0.15) is 0 Å². The highest BCUT2D eigenvalue weighted by Crippen LogP contribution is 2.31. The molecule has 31 heavy (non-hydrogen) atoms. The van der Waals surface area contributed by atoms with Crippen molar-refractivity contribution in [3.8, 4) is 16.9 Å². The van der Waals surface area contributed by atoms with Crippen LogP contribution in [0.5, 0.6) is 0 Å². The number of para-hydroxylation sites is 1. The lowest BCUT2D eigenvalue weighted by atomic mass is 10.1. The molecule has 0 N–H and O–H groups in total. The number of imidazole rings is 1. The van der Waals surface area contributed by atoms with Crippen LogP contribution in [0.4, 0.5) is 0 Å². The summed E-state index contributed by atoms with van der Waals surface area (Å²) in [7, 11) is 0. The van der Waals surface area contributed by atoms with Crippen molar-refractivity contribution in [3.05, 3.63) is 75.2 Å². The van der Waals surface area contributed by atoms with Crippen molar-refractivity contribution in [2.24, 2.45) is 0 Å². The van der Waals surface area contributed by atoms with Crippen molar-refractivity contribution in [1.82, 2.24) is 9.55 Å². The number of carbonyl (C=O) groups is 1. The van der Waals surface area contributed by atoms with Crippen molar-refractivity contribution < 1.29 is 13.9 Å². The summed E-state index contributed by atoms with van der Waals surface area (Å²) in [5, 5.41) is 2.14. The van der Waals surface area contributed by atoms with Crippen LogP contribution >= 0.6 is 35.0 Å². The van der Waals surface area contributed by atoms with E-state index in [0.29, 0.717) is 44.3 Å². The molecule has 2 aromatic carbocycles. The van der Waals surface area contributed by atoms with Crippen molar-refractivity contribution >= 4 is 51.9 Å². The monoisotopic (exact) mass is 474 g/mol. The predicted octanol–water partition coefficient (Wildman–Crippen LogP) is 5.61. The summed E-state index contributed by atoms with van der Waals surface area (Å²) in [5.74, 6) is -0.307. The number of aromatic nitrogens is 2. The lowest BCUT2D eigenvalue weighted by Crippen LogP contribution is -2.07. The number of halogens is 2. The number of thioether (sulfide) groups is 1. The number of hydrogen-bond acceptors (Lipinski definition) is 6. The highest BCUT2D eigenvalue weighted by Gasteiger charge is 2.18. The Bertz CT molecular complexity index is 1330. The molecule has 0 radical (unpaired) electrons. The van der Waals surface area contributed by atoms with Gasteiger partial charge in [0.1, 0.15) is 5.58 Å². The van der Waals surface area contributed by atoms with E-state index in [1.54, 1.807) is 54.1 Å². The van der Waals surface area contributed by atoms with E-state index in [1.807, 2.05) is 12.1 Å². The zero-order chi connectivity index (χ0) is 22.0. The largest absolute Gasteiger partial charge is 0.465 e. The molecule has 6 nitrogen and oxygen atoms in total. The van der Waals surface area contributed by atoms with E-state index < -0.39 is 5.63 Å². The summed E-state index contributed by atoms with van der Waals surface area (Å²) in [5.41, 5.74) is 1.31. The molecular weight excluding hydrogens is 459 g/mol. The number of esters is 1. The molecule has 2 aromatic heterocycles. The lowest BCUT2D eigenvalue weighted by Gasteiger charge is -2.09. The molecule has 0 fully saturated rings. The van der Waals surface area contributed by atoms with Crippen LogP contribution in [-0.4, -0.2) is 27.9 Å². The second-order valence-electron chi connectivity index (χ2n) is 6.45. The van der Waals surface area contributed by atoms with Gasteiger partial charge in [0.25, 0.3) is 0 Å². The molecule has 0 aliphatic heterocycles. The minimum Gasteiger partial charge on any atom is -0.465 e. The van der Waals surface area contributed by atoms with Crippen LogP contribution in [0, 0.1) is 0 Å². The minimum absolute atomic E-state index is 0.0574. The van der Waals surface area contributed by atoms with Crippen molar-refractivity contribution in [3.63, 3.8) is 0 Å². The third-order valence-electron chi connectivity index (χ3n) is 4.38. The third kappa shape index (κ3) is 4.63. The fourth-order valence-corrected chi connectivity index (χ4v) is 4.29. The Balaban J connectivity index is 1.82. The maximum atomic E-state index is 12.6. The van der Waals surface area contributed by atoms with Crippen LogP contribution in [0.2, 0.25) is 10.0 Å². The first-order chi connectivity index (χ1) is 15.0. The minimum atomic E-state index is -0.507. The topological polar surface area (TPSA) is 74.3 Å². The average Bonchev–Trinajstić information content (AvgIpc) is 3.15. The standard InChI is InChI=1S/C22H16Cl2N2O4S/c1-2-29-20(27)12-31-22-25-17(11-26(22)18-8-7-14(23)10-16(18)24)15-9-13-5-3-4-6-19(13)30-21(15)28/h3-11H,2,12H2,1H3. The molecule has 0 spiro atoms. The van der Waals surface area contributed by atoms with Crippen molar-refractivity contribution in [2.45, 2.75) is 12.1 Å². The highest BCUT2D eigenvalue weighted by molar-refractivity contribution is 7.99. The van der Waals surface area contributed by atoms with Crippen LogP contribution in [0.15, 0.2) is 69.1 Å². The van der Waals surface area contributed by atoms with Gasteiger partial charge in [-0.15, -0.1) is 0 Å². The molecular formula is C22H16Cl2N2O4S. The van der Waals surface area contributed by atoms with Crippen LogP contribution < -0.4 is 5.63 Å². The Morgan fingerprint density at radius 3 is 2.77 bits per heavy atom. The van der Waals surface area contributed by atoms with Gasteiger partial charge < -0.3 is 9.15 Å². The van der Waals surface area contributed by atoms with Crippen LogP contribution in [0.1, 0.15) is 6.92 Å². The zero-order valence-electron chi connectivity index (χ0n) is 16.3. The summed E-state index contributed by atoms with van der Waals surface area (Å²) in [6, 6.07) is 14.0. The molecule has 0 saturated heterocycles. The first-order valence-electron chi connectivity index (χ1n) is 9.32. The fraction of sp³-hybridized carbons (Fsp3) is 0.136. The van der Waals surface area contributed by atoms with Crippen molar-refractivity contribution in [2.75, 3.05) is 12.4 Å². The van der Waals surface area contributed by atoms with Gasteiger partial charge in [0.15, 0.2) is 5.16 Å². The second kappa shape index (κ2) is 9.18. The average molecular weight is 475 g/mol. The van der Waals surface area contributed by atoms with Gasteiger partial charge in [-0.3, -0.25) is 9.36 Å². The Kier molecular flexibility index (Phi) is 6.36. The van der Waals surface area contributed by atoms with E-state index in [-0.39, 0.29) is 11.7 Å². The Morgan fingerprint density at radius 2 is 2.00 bits per heavy atom. The number of ether oxygens (including phenoxy) is 1. The van der Waals surface area contributed by atoms with Crippen LogP contribution in [0.3, 0.4) is 0 Å². The molecule has 0 atom stereocenters. The summed E-state index contributed by atoms with van der Waals surface area (Å²) < 4.78 is 12.2. The normalized spacial score (nSPS) is 11.1. The molecule has 0 unspecified atom stereocenters. The number of rotatable bonds is 6. The number of hydrogen-bond donors (Lipinski definition) is 0. The van der Waals surface area contributed by atoms with E-state index in [1.165, 1.54) is 11.8 Å². The van der Waals surface area contributed by atoms with Gasteiger partial charge in [-0.1, -0.05) is 53.2 Å². The van der Waals surface area contributed by atoms with Crippen molar-refractivity contribution in [1.29, 1.82) is 0 Å². The van der Waals surface area contributed by atoms with Gasteiger partial charge in [0, 0.05) is 16.6 Å². The van der Waals surface area contributed by atoms with Gasteiger partial charge >= 0.3 is 11.6 Å². The third-order valence-corrected chi connectivity index (χ3v) is 5.85. The Morgan fingerprint density at radius 1 is 1.19 bits per heavy atom. The first-order valence-corrected chi connectivity index (χ1v) is 11.1. The number of nitrogens with zero attached hydrogens (tertiary/aromatic N) is 2. The summed E-state index contributed by atoms with van der Waals surface area (Å²) >= 11 is 13.6. The molecule has 2 heterocycles. The van der Waals surface area contributed by atoms with Gasteiger partial charge in [-0.05, 0) is 37.3 Å². The number of benzene rings is 2. The summed E-state index contributed by atoms with van der Waals surface area (Å²) in [6.45, 7) is 2.04. The predicted molar refractivity (Wildman–Crippen MR) is 122 cm³/mol. The number of fused-ring (bicyclic) bond motifs is 1. The molecule has 0 saturated carbocycles. The van der Waals surface area contributed by atoms with Gasteiger partial charge in [-0.25, -0.2) is 9.78 Å². The zero-order valence-corrected chi connectivity index (χ0v) is 18.6. The molecule has 4 aromatic rings. The van der Waals surface area contributed by atoms with Gasteiger partial charge in [0.05, 0.1) is 34.3 Å². The van der Waals surface area contributed by atoms with Crippen LogP contribution in [-0.2, 0) is 9.53 Å². The first kappa shape index (κ1) is 21.5. The van der Waals surface area contributed by atoms with Gasteiger partial charge in [0.2, 0.25) is 0 Å². The molecule has 0 amide bonds. The molecule has 9 heteroatoms. The molecule has 0 aliphatic carbocycles. The molecule has 4 rings (SSSR count). The van der Waals surface area contributed by atoms with E-state index in [4.69, 9.17) is 32.4 Å². The quantitative estimate of drug-likeness (QED) is 0.205. The summed E-state index contributed by atoms with van der Waals surface area (Å²) in [6.07, 6.45) is 1.68. The van der Waals surface area contributed by atoms with E-state index in [9.17, 15) is 9.59 Å². The maximum Gasteiger partial charge on any atom is 0.345 e. The highest BCUT2D eigenvalue weighted by atomic mass is 35.5. The fourth-order valence-electron chi connectivity index (χ4n) is 3.01. The van der Waals surface area contributed by atoms with E-state index in [2.05, 4.69) is 4.98 Å². The number of carbonyl (C=O) groups excluding carboxylic acids is 1.